The number of morpholine rings is 1. The maximum atomic E-state index is 15.9. The van der Waals surface area contributed by atoms with E-state index in [0.29, 0.717) is 41.4 Å². The lowest BCUT2D eigenvalue weighted by Gasteiger charge is -2.47. The highest BCUT2D eigenvalue weighted by molar-refractivity contribution is 5.82. The summed E-state index contributed by atoms with van der Waals surface area (Å²) >= 11 is 0. The summed E-state index contributed by atoms with van der Waals surface area (Å²) in [6.07, 6.45) is 2.00. The summed E-state index contributed by atoms with van der Waals surface area (Å²) in [5, 5.41) is 12.4. The van der Waals surface area contributed by atoms with Gasteiger partial charge in [0, 0.05) is 43.9 Å². The van der Waals surface area contributed by atoms with Crippen LogP contribution in [0, 0.1) is 43.7 Å². The molecular weight excluding hydrogens is 673 g/mol. The minimum atomic E-state index is -4.83. The number of carbonyl (C=O) groups is 2. The average molecular weight is 714 g/mol. The Morgan fingerprint density at radius 2 is 1.71 bits per heavy atom. The van der Waals surface area contributed by atoms with Crippen LogP contribution in [0.25, 0.3) is 11.1 Å². The van der Waals surface area contributed by atoms with Crippen molar-refractivity contribution in [2.75, 3.05) is 19.6 Å². The van der Waals surface area contributed by atoms with Crippen LogP contribution in [0.5, 0.6) is 0 Å². The number of carboxylic acid groups (broad SMARTS) is 1. The molecule has 2 bridgehead atoms. The fourth-order valence-electron chi connectivity index (χ4n) is 7.19. The van der Waals surface area contributed by atoms with E-state index in [0.717, 1.165) is 17.2 Å². The number of nitrogens with one attached hydrogen (secondary N) is 1. The van der Waals surface area contributed by atoms with E-state index in [4.69, 9.17) is 11.2 Å². The number of nitrogens with zero attached hydrogens (tertiary/aromatic N) is 2. The number of piperidine rings is 1. The van der Waals surface area contributed by atoms with Crippen molar-refractivity contribution >= 4 is 11.9 Å². The summed E-state index contributed by atoms with van der Waals surface area (Å²) in [5.74, 6) is -1.72. The van der Waals surface area contributed by atoms with Crippen molar-refractivity contribution in [3.05, 3.63) is 91.9 Å². The van der Waals surface area contributed by atoms with E-state index in [-0.39, 0.29) is 54.2 Å². The van der Waals surface area contributed by atoms with Crippen LogP contribution in [0.4, 0.5) is 22.0 Å². The van der Waals surface area contributed by atoms with Gasteiger partial charge < -0.3 is 19.7 Å². The quantitative estimate of drug-likeness (QED) is 0.168. The molecule has 6 rings (SSSR count). The Balaban J connectivity index is 1.53. The Bertz CT molecular complexity index is 1890. The summed E-state index contributed by atoms with van der Waals surface area (Å²) in [7, 11) is 0. The maximum absolute atomic E-state index is 15.9. The molecule has 3 aromatic rings. The number of rotatable bonds is 12. The predicted octanol–water partition coefficient (Wildman–Crippen LogP) is 6.35. The van der Waals surface area contributed by atoms with Crippen molar-refractivity contribution in [3.8, 4) is 23.5 Å². The highest BCUT2D eigenvalue weighted by atomic mass is 19.4. The van der Waals surface area contributed by atoms with Gasteiger partial charge in [0.25, 0.3) is 5.56 Å². The Hall–Kier alpha value is -4.54. The number of aryl methyl sites for hydroxylation is 2. The minimum absolute atomic E-state index is 0.00471. The highest BCUT2D eigenvalue weighted by Crippen LogP contribution is 2.36. The van der Waals surface area contributed by atoms with Crippen LogP contribution in [0.1, 0.15) is 78.6 Å². The molecule has 3 aliphatic heterocycles. The van der Waals surface area contributed by atoms with Gasteiger partial charge in [-0.1, -0.05) is 19.8 Å². The molecule has 13 heteroatoms. The number of aliphatic carboxylic acids is 1. The van der Waals surface area contributed by atoms with Crippen LogP contribution in [-0.2, 0) is 26.9 Å². The first-order valence-electron chi connectivity index (χ1n) is 16.7. The molecule has 3 saturated heterocycles. The molecule has 4 heterocycles. The number of carbonyl (C=O) groups excluding carboxylic acids is 1. The molecule has 2 aromatic carbocycles. The number of terminal acetylenes is 1. The molecule has 1 aromatic heterocycles. The maximum Gasteiger partial charge on any atom is 0.416 e. The second kappa shape index (κ2) is 15.0. The van der Waals surface area contributed by atoms with Crippen LogP contribution in [-0.4, -0.2) is 58.3 Å². The molecule has 272 valence electrons. The molecule has 3 aliphatic rings. The van der Waals surface area contributed by atoms with Gasteiger partial charge in [-0.05, 0) is 84.7 Å². The smallest absolute Gasteiger partial charge is 0.416 e. The van der Waals surface area contributed by atoms with Crippen LogP contribution < -0.4 is 10.9 Å². The van der Waals surface area contributed by atoms with E-state index >= 15 is 4.39 Å². The summed E-state index contributed by atoms with van der Waals surface area (Å²) in [5.41, 5.74) is -0.918. The van der Waals surface area contributed by atoms with Crippen molar-refractivity contribution in [2.45, 2.75) is 83.8 Å². The van der Waals surface area contributed by atoms with Crippen molar-refractivity contribution in [3.63, 3.8) is 0 Å². The van der Waals surface area contributed by atoms with Crippen molar-refractivity contribution in [2.24, 2.45) is 5.92 Å². The van der Waals surface area contributed by atoms with Crippen LogP contribution in [0.2, 0.25) is 0 Å². The fourth-order valence-corrected chi connectivity index (χ4v) is 7.19. The molecule has 3 fully saturated rings. The third-order valence-corrected chi connectivity index (χ3v) is 9.45. The third-order valence-electron chi connectivity index (χ3n) is 9.45. The number of ether oxygens (including phenoxy) is 1. The molecular formula is C38H40F5N3O5. The summed E-state index contributed by atoms with van der Waals surface area (Å²) in [6, 6.07) is 2.89. The number of hydrogen-bond acceptors (Lipinski definition) is 5. The molecule has 2 N–H and O–H groups in total. The fraction of sp³-hybridized carbons (Fsp3) is 0.447. The lowest BCUT2D eigenvalue weighted by atomic mass is 9.90. The molecule has 8 nitrogen and oxygen atoms in total. The topological polar surface area (TPSA) is 101 Å². The highest BCUT2D eigenvalue weighted by Gasteiger charge is 2.39. The van der Waals surface area contributed by atoms with Crippen LogP contribution >= 0.6 is 0 Å². The lowest BCUT2D eigenvalue weighted by Crippen LogP contribution is -2.57. The molecule has 51 heavy (non-hydrogen) atoms. The first-order valence-corrected chi connectivity index (χ1v) is 16.7. The van der Waals surface area contributed by atoms with Crippen LogP contribution in [0.3, 0.4) is 0 Å². The van der Waals surface area contributed by atoms with Gasteiger partial charge in [0.1, 0.15) is 17.7 Å². The molecule has 0 radical (unpaired) electrons. The van der Waals surface area contributed by atoms with E-state index in [1.165, 1.54) is 24.3 Å². The normalized spacial score (nSPS) is 18.5. The van der Waals surface area contributed by atoms with Crippen molar-refractivity contribution in [1.82, 2.24) is 14.8 Å². The van der Waals surface area contributed by atoms with Gasteiger partial charge in [0.15, 0.2) is 0 Å². The van der Waals surface area contributed by atoms with Gasteiger partial charge in [-0.2, -0.15) is 13.2 Å². The number of benzene rings is 2. The largest absolute Gasteiger partial charge is 0.481 e. The molecule has 0 aliphatic carbocycles. The van der Waals surface area contributed by atoms with E-state index in [9.17, 15) is 37.1 Å². The Morgan fingerprint density at radius 1 is 1.08 bits per heavy atom. The zero-order chi connectivity index (χ0) is 37.4. The number of fused-ring (bicyclic) bond motifs is 2. The van der Waals surface area contributed by atoms with Crippen molar-refractivity contribution in [1.29, 1.82) is 0 Å². The van der Waals surface area contributed by atoms with Gasteiger partial charge in [0.2, 0.25) is 5.91 Å². The van der Waals surface area contributed by atoms with E-state index in [1.807, 2.05) is 4.90 Å². The van der Waals surface area contributed by atoms with E-state index in [1.54, 1.807) is 27.7 Å². The molecule has 0 spiro atoms. The number of alkyl halides is 3. The average Bonchev–Trinajstić information content (AvgIpc) is 3.01. The number of amides is 1. The van der Waals surface area contributed by atoms with Crippen LogP contribution in [0.15, 0.2) is 41.3 Å². The monoisotopic (exact) mass is 713 g/mol. The SMILES string of the molecule is C#Cc1cc(-c2c(C)cc(F)cc2C)cc([C@@H](CC(=O)O)NC(=O)[C@H](CC(C)C)n2cc(CCN3CC4CC(C3)O4)c(C(F)(F)F)cc2=O)c1F. The zero-order valence-electron chi connectivity index (χ0n) is 28.7. The second-order valence-electron chi connectivity index (χ2n) is 13.9. The standard InChI is InChI=1S/C38H40F5N3O5/c1-6-23-12-25(35-21(4)10-26(39)11-22(35)5)13-29(36(23)40)31(16-34(48)49)44-37(50)32(9-20(2)3)46-17-24(30(15-33(46)47)38(41,42)43)7-8-45-18-27-14-28(19-45)51-27/h1,10-13,15,17,20,27-28,31-32H,7-9,14,16,18-19H2,2-5H3,(H,44,50)(H,48,49)/t27?,28?,31-,32+/m1/s1. The second-order valence-corrected chi connectivity index (χ2v) is 13.9. The molecule has 4 atom stereocenters. The van der Waals surface area contributed by atoms with E-state index in [2.05, 4.69) is 11.2 Å². The summed E-state index contributed by atoms with van der Waals surface area (Å²) in [4.78, 5) is 41.5. The van der Waals surface area contributed by atoms with Gasteiger partial charge >= 0.3 is 12.1 Å². The Kier molecular flexibility index (Phi) is 11.1. The van der Waals surface area contributed by atoms with Gasteiger partial charge in [0.05, 0.1) is 35.8 Å². The first kappa shape index (κ1) is 37.7. The van der Waals surface area contributed by atoms with Gasteiger partial charge in [-0.3, -0.25) is 19.3 Å². The number of hydrogen-bond donors (Lipinski definition) is 2. The van der Waals surface area contributed by atoms with Gasteiger partial charge in [-0.25, -0.2) is 8.78 Å². The molecule has 0 saturated carbocycles. The van der Waals surface area contributed by atoms with E-state index < -0.39 is 59.3 Å². The third kappa shape index (κ3) is 8.51. The summed E-state index contributed by atoms with van der Waals surface area (Å²) < 4.78 is 79.2. The molecule has 1 amide bonds. The zero-order valence-corrected chi connectivity index (χ0v) is 28.7. The number of halogens is 5. The lowest BCUT2D eigenvalue weighted by molar-refractivity contribution is -0.180. The van der Waals surface area contributed by atoms with Gasteiger partial charge in [-0.15, -0.1) is 6.42 Å². The Morgan fingerprint density at radius 3 is 2.25 bits per heavy atom. The predicted molar refractivity (Wildman–Crippen MR) is 180 cm³/mol. The number of pyridine rings is 1. The van der Waals surface area contributed by atoms with Crippen molar-refractivity contribution < 1.29 is 41.4 Å². The number of aromatic nitrogens is 1. The Labute approximate surface area is 292 Å². The number of carboxylic acids is 1. The summed E-state index contributed by atoms with van der Waals surface area (Å²) in [6.45, 7) is 8.25. The minimum Gasteiger partial charge on any atom is -0.481 e. The first-order chi connectivity index (χ1) is 23.9. The molecule has 2 unspecified atom stereocenters.